The number of benzene rings is 2. The Kier molecular flexibility index (Phi) is 3.47. The van der Waals surface area contributed by atoms with Gasteiger partial charge in [-0.15, -0.1) is 0 Å². The molecular formula is C17H15NO4. The summed E-state index contributed by atoms with van der Waals surface area (Å²) in [5.74, 6) is 1.26. The van der Waals surface area contributed by atoms with Crippen molar-refractivity contribution in [2.45, 2.75) is 0 Å². The van der Waals surface area contributed by atoms with Crippen LogP contribution in [0.25, 0.3) is 21.9 Å². The third kappa shape index (κ3) is 2.16. The summed E-state index contributed by atoms with van der Waals surface area (Å²) in [5.41, 5.74) is 1.28. The van der Waals surface area contributed by atoms with E-state index in [9.17, 15) is 9.90 Å². The molecule has 0 bridgehead atoms. The number of pyridine rings is 1. The Hall–Kier alpha value is -2.95. The largest absolute Gasteiger partial charge is 0.507 e. The quantitative estimate of drug-likeness (QED) is 0.779. The fourth-order valence-corrected chi connectivity index (χ4v) is 2.53. The van der Waals surface area contributed by atoms with Crippen molar-refractivity contribution in [2.24, 2.45) is 0 Å². The molecule has 3 rings (SSSR count). The summed E-state index contributed by atoms with van der Waals surface area (Å²) >= 11 is 0. The van der Waals surface area contributed by atoms with E-state index in [1.54, 1.807) is 50.7 Å². The zero-order chi connectivity index (χ0) is 15.7. The lowest BCUT2D eigenvalue weighted by Gasteiger charge is -2.12. The van der Waals surface area contributed by atoms with Crippen molar-refractivity contribution in [1.82, 2.24) is 4.98 Å². The lowest BCUT2D eigenvalue weighted by molar-refractivity contribution is 0.355. The molecule has 0 saturated heterocycles. The summed E-state index contributed by atoms with van der Waals surface area (Å²) in [6.45, 7) is 0. The van der Waals surface area contributed by atoms with Crippen LogP contribution in [0, 0.1) is 0 Å². The standard InChI is InChI=1S/C17H15NO4/c1-21-14-7-6-10(8-15(14)22-2)12-9-18-17(20)11-4-3-5-13(19)16(11)12/h3-9,19H,1-2H3,(H,18,20). The third-order valence-electron chi connectivity index (χ3n) is 3.60. The van der Waals surface area contributed by atoms with Crippen LogP contribution in [-0.4, -0.2) is 24.3 Å². The summed E-state index contributed by atoms with van der Waals surface area (Å²) in [7, 11) is 3.13. The predicted molar refractivity (Wildman–Crippen MR) is 84.8 cm³/mol. The normalized spacial score (nSPS) is 10.6. The summed E-state index contributed by atoms with van der Waals surface area (Å²) in [4.78, 5) is 14.6. The lowest BCUT2D eigenvalue weighted by atomic mass is 10.00. The first kappa shape index (κ1) is 14.0. The smallest absolute Gasteiger partial charge is 0.255 e. The second-order valence-electron chi connectivity index (χ2n) is 4.80. The Balaban J connectivity index is 2.32. The molecule has 22 heavy (non-hydrogen) atoms. The fourth-order valence-electron chi connectivity index (χ4n) is 2.53. The summed E-state index contributed by atoms with van der Waals surface area (Å²) in [5, 5.41) is 11.1. The number of methoxy groups -OCH3 is 2. The molecule has 112 valence electrons. The highest BCUT2D eigenvalue weighted by atomic mass is 16.5. The topological polar surface area (TPSA) is 71.6 Å². The van der Waals surface area contributed by atoms with E-state index in [0.717, 1.165) is 5.56 Å². The number of aromatic nitrogens is 1. The molecule has 0 aliphatic carbocycles. The van der Waals surface area contributed by atoms with Crippen LogP contribution in [0.5, 0.6) is 17.2 Å². The summed E-state index contributed by atoms with van der Waals surface area (Å²) in [6.07, 6.45) is 1.59. The van der Waals surface area contributed by atoms with E-state index < -0.39 is 0 Å². The van der Waals surface area contributed by atoms with Crippen LogP contribution in [-0.2, 0) is 0 Å². The Bertz CT molecular complexity index is 899. The first-order chi connectivity index (χ1) is 10.7. The van der Waals surface area contributed by atoms with Gasteiger partial charge in [0.05, 0.1) is 19.6 Å². The molecule has 3 aromatic rings. The van der Waals surface area contributed by atoms with E-state index in [4.69, 9.17) is 9.47 Å². The molecule has 0 radical (unpaired) electrons. The molecule has 0 amide bonds. The number of ether oxygens (including phenoxy) is 2. The van der Waals surface area contributed by atoms with E-state index in [1.807, 2.05) is 6.07 Å². The van der Waals surface area contributed by atoms with Gasteiger partial charge in [0, 0.05) is 17.1 Å². The highest BCUT2D eigenvalue weighted by Crippen LogP contribution is 2.36. The van der Waals surface area contributed by atoms with Crippen molar-refractivity contribution < 1.29 is 14.6 Å². The molecule has 2 aromatic carbocycles. The number of rotatable bonds is 3. The Morgan fingerprint density at radius 1 is 1.05 bits per heavy atom. The van der Waals surface area contributed by atoms with E-state index >= 15 is 0 Å². The van der Waals surface area contributed by atoms with Crippen LogP contribution in [0.2, 0.25) is 0 Å². The molecule has 1 heterocycles. The first-order valence-electron chi connectivity index (χ1n) is 6.71. The highest BCUT2D eigenvalue weighted by molar-refractivity contribution is 6.00. The van der Waals surface area contributed by atoms with E-state index in [0.29, 0.717) is 27.8 Å². The van der Waals surface area contributed by atoms with Crippen molar-refractivity contribution in [3.8, 4) is 28.4 Å². The van der Waals surface area contributed by atoms with Crippen molar-refractivity contribution in [3.63, 3.8) is 0 Å². The van der Waals surface area contributed by atoms with Gasteiger partial charge < -0.3 is 19.6 Å². The van der Waals surface area contributed by atoms with Crippen LogP contribution in [0.15, 0.2) is 47.4 Å². The van der Waals surface area contributed by atoms with Crippen molar-refractivity contribution in [3.05, 3.63) is 52.9 Å². The maximum absolute atomic E-state index is 11.9. The van der Waals surface area contributed by atoms with Gasteiger partial charge in [0.25, 0.3) is 5.56 Å². The maximum Gasteiger partial charge on any atom is 0.255 e. The zero-order valence-electron chi connectivity index (χ0n) is 12.2. The number of nitrogens with one attached hydrogen (secondary N) is 1. The summed E-state index contributed by atoms with van der Waals surface area (Å²) in [6, 6.07) is 10.3. The molecule has 5 nitrogen and oxygen atoms in total. The predicted octanol–water partition coefficient (Wildman–Crippen LogP) is 2.92. The molecule has 0 saturated carbocycles. The molecule has 5 heteroatoms. The minimum Gasteiger partial charge on any atom is -0.507 e. The van der Waals surface area contributed by atoms with Crippen LogP contribution < -0.4 is 15.0 Å². The van der Waals surface area contributed by atoms with Crippen LogP contribution in [0.1, 0.15) is 0 Å². The Morgan fingerprint density at radius 3 is 2.55 bits per heavy atom. The second kappa shape index (κ2) is 5.44. The van der Waals surface area contributed by atoms with E-state index in [2.05, 4.69) is 4.98 Å². The number of hydrogen-bond donors (Lipinski definition) is 2. The van der Waals surface area contributed by atoms with Gasteiger partial charge in [0.15, 0.2) is 11.5 Å². The number of H-pyrrole nitrogens is 1. The Morgan fingerprint density at radius 2 is 1.82 bits per heavy atom. The molecule has 0 unspecified atom stereocenters. The van der Waals surface area contributed by atoms with Gasteiger partial charge in [-0.25, -0.2) is 0 Å². The van der Waals surface area contributed by atoms with Gasteiger partial charge in [-0.2, -0.15) is 0 Å². The van der Waals surface area contributed by atoms with Crippen LogP contribution >= 0.6 is 0 Å². The van der Waals surface area contributed by atoms with Gasteiger partial charge in [-0.3, -0.25) is 4.79 Å². The molecular weight excluding hydrogens is 282 g/mol. The minimum absolute atomic E-state index is 0.0633. The van der Waals surface area contributed by atoms with Crippen LogP contribution in [0.3, 0.4) is 0 Å². The van der Waals surface area contributed by atoms with Crippen molar-refractivity contribution in [2.75, 3.05) is 14.2 Å². The fraction of sp³-hybridized carbons (Fsp3) is 0.118. The molecule has 0 aliphatic rings. The first-order valence-corrected chi connectivity index (χ1v) is 6.71. The molecule has 0 aliphatic heterocycles. The molecule has 1 aromatic heterocycles. The number of fused-ring (bicyclic) bond motifs is 1. The Labute approximate surface area is 126 Å². The van der Waals surface area contributed by atoms with Gasteiger partial charge in [-0.1, -0.05) is 12.1 Å². The number of phenols is 1. The van der Waals surface area contributed by atoms with Gasteiger partial charge in [0.1, 0.15) is 5.75 Å². The average molecular weight is 297 g/mol. The monoisotopic (exact) mass is 297 g/mol. The van der Waals surface area contributed by atoms with Gasteiger partial charge >= 0.3 is 0 Å². The highest BCUT2D eigenvalue weighted by Gasteiger charge is 2.13. The van der Waals surface area contributed by atoms with E-state index in [1.165, 1.54) is 0 Å². The van der Waals surface area contributed by atoms with Gasteiger partial charge in [-0.05, 0) is 29.8 Å². The number of phenolic OH excluding ortho intramolecular Hbond substituents is 1. The van der Waals surface area contributed by atoms with Crippen molar-refractivity contribution in [1.29, 1.82) is 0 Å². The number of hydrogen-bond acceptors (Lipinski definition) is 4. The van der Waals surface area contributed by atoms with Gasteiger partial charge in [0.2, 0.25) is 0 Å². The summed E-state index contributed by atoms with van der Waals surface area (Å²) < 4.78 is 10.5. The van der Waals surface area contributed by atoms with E-state index in [-0.39, 0.29) is 11.3 Å². The molecule has 2 N–H and O–H groups in total. The van der Waals surface area contributed by atoms with Crippen LogP contribution in [0.4, 0.5) is 0 Å². The molecule has 0 spiro atoms. The third-order valence-corrected chi connectivity index (χ3v) is 3.60. The second-order valence-corrected chi connectivity index (χ2v) is 4.80. The lowest BCUT2D eigenvalue weighted by Crippen LogP contribution is -2.05. The average Bonchev–Trinajstić information content (AvgIpc) is 2.55. The molecule has 0 fully saturated rings. The van der Waals surface area contributed by atoms with Crippen molar-refractivity contribution >= 4 is 10.8 Å². The zero-order valence-corrected chi connectivity index (χ0v) is 12.2. The SMILES string of the molecule is COc1ccc(-c2c[nH]c(=O)c3cccc(O)c23)cc1OC. The number of aromatic hydroxyl groups is 1. The maximum atomic E-state index is 11.9. The molecule has 0 atom stereocenters. The minimum atomic E-state index is -0.241. The number of aromatic amines is 1.